The molecular formula is C16H19Cl2N. The largest absolute Gasteiger partial charge is 0.370 e. The molecule has 0 aliphatic carbocycles. The number of hydrogen-bond donors (Lipinski definition) is 1. The molecule has 0 aromatic heterocycles. The van der Waals surface area contributed by atoms with Crippen LogP contribution in [0, 0.1) is 24.7 Å². The van der Waals surface area contributed by atoms with Crippen molar-refractivity contribution in [1.29, 1.82) is 0 Å². The smallest absolute Gasteiger partial charge is 0.0990 e. The van der Waals surface area contributed by atoms with Gasteiger partial charge in [-0.2, -0.15) is 0 Å². The molecule has 0 amide bonds. The summed E-state index contributed by atoms with van der Waals surface area (Å²) in [7, 11) is 0. The number of halogens is 2. The predicted molar refractivity (Wildman–Crippen MR) is 86.8 cm³/mol. The molecule has 0 radical (unpaired) electrons. The molecule has 0 atom stereocenters. The maximum absolute atomic E-state index is 5.75. The molecule has 0 spiro atoms. The molecule has 0 saturated carbocycles. The van der Waals surface area contributed by atoms with Crippen LogP contribution in [0.2, 0.25) is 5.02 Å². The van der Waals surface area contributed by atoms with Gasteiger partial charge in [0.1, 0.15) is 0 Å². The van der Waals surface area contributed by atoms with Crippen molar-refractivity contribution in [1.82, 2.24) is 0 Å². The van der Waals surface area contributed by atoms with Crippen molar-refractivity contribution >= 4 is 28.9 Å². The minimum absolute atomic E-state index is 0.326. The molecular weight excluding hydrogens is 277 g/mol. The van der Waals surface area contributed by atoms with Gasteiger partial charge in [0.05, 0.1) is 10.4 Å². The van der Waals surface area contributed by atoms with Gasteiger partial charge in [-0.05, 0) is 52.0 Å². The monoisotopic (exact) mass is 295 g/mol. The summed E-state index contributed by atoms with van der Waals surface area (Å²) in [5, 5.41) is 3.93. The first-order chi connectivity index (χ1) is 8.59. The molecule has 3 heteroatoms. The zero-order chi connectivity index (χ0) is 15.1. The molecule has 0 unspecified atom stereocenters. The summed E-state index contributed by atoms with van der Waals surface area (Å²) in [5.74, 6) is 5.03. The first kappa shape index (κ1) is 17.7. The molecule has 1 nitrogen and oxygen atoms in total. The third-order valence-electron chi connectivity index (χ3n) is 2.01. The molecule has 1 N–H and O–H groups in total. The van der Waals surface area contributed by atoms with Crippen LogP contribution in [0.15, 0.2) is 24.3 Å². The summed E-state index contributed by atoms with van der Waals surface area (Å²) in [5.41, 5.74) is 0.653. The van der Waals surface area contributed by atoms with Gasteiger partial charge in [-0.25, -0.2) is 0 Å². The van der Waals surface area contributed by atoms with Crippen LogP contribution < -0.4 is 5.32 Å². The Bertz CT molecular complexity index is 467. The zero-order valence-electron chi connectivity index (χ0n) is 11.7. The van der Waals surface area contributed by atoms with E-state index in [-0.39, 0.29) is 5.54 Å². The molecule has 1 aromatic rings. The van der Waals surface area contributed by atoms with Crippen LogP contribution in [0.3, 0.4) is 0 Å². The molecule has 102 valence electrons. The van der Waals surface area contributed by atoms with Crippen molar-refractivity contribution in [3.8, 4) is 24.7 Å². The Morgan fingerprint density at radius 1 is 1.00 bits per heavy atom. The van der Waals surface area contributed by atoms with E-state index in [0.717, 1.165) is 10.7 Å². The van der Waals surface area contributed by atoms with E-state index >= 15 is 0 Å². The summed E-state index contributed by atoms with van der Waals surface area (Å²) >= 11 is 11.2. The zero-order valence-corrected chi connectivity index (χ0v) is 13.2. The average Bonchev–Trinajstić information content (AvgIpc) is 2.32. The van der Waals surface area contributed by atoms with E-state index in [1.54, 1.807) is 13.8 Å². The van der Waals surface area contributed by atoms with Crippen molar-refractivity contribution in [3.63, 3.8) is 0 Å². The Kier molecular flexibility index (Phi) is 6.85. The van der Waals surface area contributed by atoms with Gasteiger partial charge in [-0.15, -0.1) is 24.4 Å². The fraction of sp³-hybridized carbons (Fsp3) is 0.375. The van der Waals surface area contributed by atoms with E-state index in [2.05, 4.69) is 17.2 Å². The van der Waals surface area contributed by atoms with Gasteiger partial charge >= 0.3 is 0 Å². The number of anilines is 1. The fourth-order valence-corrected chi connectivity index (χ4v) is 1.06. The van der Waals surface area contributed by atoms with Gasteiger partial charge in [-0.3, -0.25) is 0 Å². The van der Waals surface area contributed by atoms with Crippen LogP contribution in [0.5, 0.6) is 0 Å². The van der Waals surface area contributed by atoms with Crippen molar-refractivity contribution in [2.24, 2.45) is 0 Å². The van der Waals surface area contributed by atoms with E-state index in [1.165, 1.54) is 0 Å². The molecule has 0 aliphatic rings. The molecule has 1 rings (SSSR count). The lowest BCUT2D eigenvalue weighted by Gasteiger charge is -2.20. The summed E-state index contributed by atoms with van der Waals surface area (Å²) < 4.78 is 0. The Hall–Kier alpha value is -1.28. The maximum Gasteiger partial charge on any atom is 0.0990 e. The van der Waals surface area contributed by atoms with Crippen LogP contribution in [0.4, 0.5) is 5.69 Å². The highest BCUT2D eigenvalue weighted by Crippen LogP contribution is 2.17. The van der Waals surface area contributed by atoms with Gasteiger partial charge in [0.25, 0.3) is 0 Å². The van der Waals surface area contributed by atoms with Crippen molar-refractivity contribution in [2.45, 2.75) is 38.1 Å². The van der Waals surface area contributed by atoms with Gasteiger partial charge in [0.15, 0.2) is 0 Å². The lowest BCUT2D eigenvalue weighted by Crippen LogP contribution is -2.28. The first-order valence-corrected chi connectivity index (χ1v) is 6.53. The quantitative estimate of drug-likeness (QED) is 0.610. The van der Waals surface area contributed by atoms with E-state index in [4.69, 9.17) is 36.0 Å². The van der Waals surface area contributed by atoms with Crippen LogP contribution in [0.1, 0.15) is 27.7 Å². The SMILES string of the molecule is C#CC(C)(C)Cl.C#CC(C)(C)Nc1ccc(Cl)cc1. The highest BCUT2D eigenvalue weighted by Gasteiger charge is 2.12. The Morgan fingerprint density at radius 3 is 1.74 bits per heavy atom. The third-order valence-corrected chi connectivity index (χ3v) is 2.37. The van der Waals surface area contributed by atoms with Crippen LogP contribution in [-0.4, -0.2) is 10.4 Å². The lowest BCUT2D eigenvalue weighted by atomic mass is 10.1. The number of rotatable bonds is 2. The number of nitrogens with one attached hydrogen (secondary N) is 1. The van der Waals surface area contributed by atoms with E-state index in [0.29, 0.717) is 0 Å². The number of terminal acetylenes is 2. The lowest BCUT2D eigenvalue weighted by molar-refractivity contribution is 0.742. The van der Waals surface area contributed by atoms with E-state index < -0.39 is 4.87 Å². The second-order valence-electron chi connectivity index (χ2n) is 5.02. The number of alkyl halides is 1. The molecule has 0 aliphatic heterocycles. The highest BCUT2D eigenvalue weighted by atomic mass is 35.5. The second-order valence-corrected chi connectivity index (χ2v) is 6.40. The number of hydrogen-bond acceptors (Lipinski definition) is 1. The minimum Gasteiger partial charge on any atom is -0.370 e. The summed E-state index contributed by atoms with van der Waals surface area (Å²) in [6.07, 6.45) is 10.3. The molecule has 0 bridgehead atoms. The summed E-state index contributed by atoms with van der Waals surface area (Å²) in [6, 6.07) is 7.47. The molecule has 0 fully saturated rings. The fourth-order valence-electron chi connectivity index (χ4n) is 0.930. The summed E-state index contributed by atoms with van der Waals surface area (Å²) in [4.78, 5) is -0.458. The van der Waals surface area contributed by atoms with Crippen LogP contribution >= 0.6 is 23.2 Å². The summed E-state index contributed by atoms with van der Waals surface area (Å²) in [6.45, 7) is 7.44. The molecule has 1 aromatic carbocycles. The minimum atomic E-state index is -0.458. The Labute approximate surface area is 126 Å². The maximum atomic E-state index is 5.75. The van der Waals surface area contributed by atoms with Gasteiger partial charge in [0.2, 0.25) is 0 Å². The highest BCUT2D eigenvalue weighted by molar-refractivity contribution is 6.30. The molecule has 19 heavy (non-hydrogen) atoms. The molecule has 0 saturated heterocycles. The second kappa shape index (κ2) is 7.34. The molecule has 0 heterocycles. The number of benzene rings is 1. The van der Waals surface area contributed by atoms with Gasteiger partial charge < -0.3 is 5.32 Å². The standard InChI is InChI=1S/C11H12ClN.C5H7Cl/c1-4-11(2,3)13-10-7-5-9(12)6-8-10;1-4-5(2,3)6/h1,5-8,13H,2-3H3;1H,2-3H3. The van der Waals surface area contributed by atoms with Crippen molar-refractivity contribution in [3.05, 3.63) is 29.3 Å². The van der Waals surface area contributed by atoms with E-state index in [9.17, 15) is 0 Å². The topological polar surface area (TPSA) is 12.0 Å². The van der Waals surface area contributed by atoms with Crippen LogP contribution in [-0.2, 0) is 0 Å². The third kappa shape index (κ3) is 9.32. The average molecular weight is 296 g/mol. The first-order valence-electron chi connectivity index (χ1n) is 5.78. The van der Waals surface area contributed by atoms with Crippen LogP contribution in [0.25, 0.3) is 0 Å². The van der Waals surface area contributed by atoms with E-state index in [1.807, 2.05) is 38.1 Å². The Balaban J connectivity index is 0.000000459. The van der Waals surface area contributed by atoms with Crippen molar-refractivity contribution in [2.75, 3.05) is 5.32 Å². The predicted octanol–water partition coefficient (Wildman–Crippen LogP) is 4.80. The van der Waals surface area contributed by atoms with Gasteiger partial charge in [-0.1, -0.05) is 23.4 Å². The van der Waals surface area contributed by atoms with Gasteiger partial charge in [0, 0.05) is 10.7 Å². The van der Waals surface area contributed by atoms with Crippen molar-refractivity contribution < 1.29 is 0 Å². The Morgan fingerprint density at radius 2 is 1.42 bits per heavy atom. The normalized spacial score (nSPS) is 10.5.